The van der Waals surface area contributed by atoms with E-state index in [-0.39, 0.29) is 23.4 Å². The number of aryl methyl sites for hydroxylation is 1. The molecule has 0 bridgehead atoms. The van der Waals surface area contributed by atoms with E-state index in [9.17, 15) is 9.59 Å². The second-order valence-corrected chi connectivity index (χ2v) is 6.82. The Morgan fingerprint density at radius 3 is 2.07 bits per heavy atom. The van der Waals surface area contributed by atoms with Crippen LogP contribution in [-0.2, 0) is 0 Å². The van der Waals surface area contributed by atoms with Gasteiger partial charge in [0.05, 0.1) is 6.10 Å². The molecule has 0 unspecified atom stereocenters. The Morgan fingerprint density at radius 1 is 0.828 bits per heavy atom. The van der Waals surface area contributed by atoms with Gasteiger partial charge in [-0.25, -0.2) is 4.98 Å². The summed E-state index contributed by atoms with van der Waals surface area (Å²) < 4.78 is 5.59. The van der Waals surface area contributed by atoms with Crippen molar-refractivity contribution in [2.24, 2.45) is 0 Å². The van der Waals surface area contributed by atoms with Crippen LogP contribution in [0.1, 0.15) is 40.4 Å². The van der Waals surface area contributed by atoms with E-state index in [0.29, 0.717) is 11.4 Å². The molecule has 6 heteroatoms. The first kappa shape index (κ1) is 20.1. The predicted molar refractivity (Wildman–Crippen MR) is 114 cm³/mol. The quantitative estimate of drug-likeness (QED) is 0.641. The number of pyridine rings is 1. The predicted octanol–water partition coefficient (Wildman–Crippen LogP) is 4.68. The molecule has 0 aliphatic rings. The molecule has 2 N–H and O–H groups in total. The first-order chi connectivity index (χ1) is 13.9. The third kappa shape index (κ3) is 5.42. The Balaban J connectivity index is 1.69. The molecule has 2 aromatic carbocycles. The Hall–Kier alpha value is -3.67. The number of nitrogens with zero attached hydrogens (tertiary/aromatic N) is 1. The van der Waals surface area contributed by atoms with E-state index in [0.717, 1.165) is 11.3 Å². The summed E-state index contributed by atoms with van der Waals surface area (Å²) in [5.74, 6) is -0.0387. The fraction of sp³-hybridized carbons (Fsp3) is 0.174. The Bertz CT molecular complexity index is 1010. The number of para-hydroxylation sites is 1. The lowest BCUT2D eigenvalue weighted by atomic mass is 10.2. The van der Waals surface area contributed by atoms with E-state index in [2.05, 4.69) is 15.6 Å². The molecule has 0 radical (unpaired) electrons. The van der Waals surface area contributed by atoms with Crippen LogP contribution in [0.25, 0.3) is 0 Å². The lowest BCUT2D eigenvalue weighted by molar-refractivity contribution is 0.101. The number of nitrogens with one attached hydrogen (secondary N) is 2. The molecule has 6 nitrogen and oxygen atoms in total. The summed E-state index contributed by atoms with van der Waals surface area (Å²) in [6.07, 6.45) is 0.0770. The number of amides is 2. The number of anilines is 2. The van der Waals surface area contributed by atoms with Crippen LogP contribution in [0.5, 0.6) is 5.75 Å². The summed E-state index contributed by atoms with van der Waals surface area (Å²) in [6, 6.07) is 19.3. The molecule has 0 aliphatic heterocycles. The molecule has 0 atom stereocenters. The van der Waals surface area contributed by atoms with Crippen LogP contribution >= 0.6 is 0 Å². The molecule has 1 aromatic heterocycles. The topological polar surface area (TPSA) is 80.3 Å². The van der Waals surface area contributed by atoms with Crippen molar-refractivity contribution in [3.63, 3.8) is 0 Å². The molecule has 0 saturated heterocycles. The third-order valence-electron chi connectivity index (χ3n) is 4.09. The standard InChI is InChI=1S/C23H23N3O3/c1-15(2)29-18-13-11-17(12-14-18)24-22(27)20-9-6-10-21(25-20)23(28)26-19-8-5-4-7-16(19)3/h4-15H,1-3H3,(H,24,27)(H,26,28). The number of aromatic nitrogens is 1. The second kappa shape index (κ2) is 9.01. The molecule has 0 spiro atoms. The molecule has 0 aliphatic carbocycles. The van der Waals surface area contributed by atoms with Crippen molar-refractivity contribution in [2.75, 3.05) is 10.6 Å². The summed E-state index contributed by atoms with van der Waals surface area (Å²) >= 11 is 0. The molecular weight excluding hydrogens is 366 g/mol. The van der Waals surface area contributed by atoms with Crippen LogP contribution in [0.15, 0.2) is 66.7 Å². The summed E-state index contributed by atoms with van der Waals surface area (Å²) in [4.78, 5) is 29.2. The van der Waals surface area contributed by atoms with Gasteiger partial charge in [0.1, 0.15) is 17.1 Å². The zero-order valence-electron chi connectivity index (χ0n) is 16.6. The number of carbonyl (C=O) groups excluding carboxylic acids is 2. The summed E-state index contributed by atoms with van der Waals surface area (Å²) in [7, 11) is 0. The minimum Gasteiger partial charge on any atom is -0.491 e. The van der Waals surface area contributed by atoms with Crippen molar-refractivity contribution in [3.05, 3.63) is 83.7 Å². The second-order valence-electron chi connectivity index (χ2n) is 6.82. The van der Waals surface area contributed by atoms with E-state index in [1.165, 1.54) is 0 Å². The molecule has 29 heavy (non-hydrogen) atoms. The highest BCUT2D eigenvalue weighted by atomic mass is 16.5. The maximum atomic E-state index is 12.5. The zero-order valence-corrected chi connectivity index (χ0v) is 16.6. The van der Waals surface area contributed by atoms with Crippen molar-refractivity contribution < 1.29 is 14.3 Å². The fourth-order valence-electron chi connectivity index (χ4n) is 2.67. The van der Waals surface area contributed by atoms with Crippen molar-refractivity contribution >= 4 is 23.2 Å². The van der Waals surface area contributed by atoms with Crippen LogP contribution in [-0.4, -0.2) is 22.9 Å². The van der Waals surface area contributed by atoms with Crippen LogP contribution in [0.3, 0.4) is 0 Å². The average molecular weight is 389 g/mol. The summed E-state index contributed by atoms with van der Waals surface area (Å²) in [6.45, 7) is 5.80. The zero-order chi connectivity index (χ0) is 20.8. The van der Waals surface area contributed by atoms with Crippen LogP contribution in [0, 0.1) is 6.92 Å². The van der Waals surface area contributed by atoms with Gasteiger partial charge in [-0.2, -0.15) is 0 Å². The van der Waals surface area contributed by atoms with Gasteiger partial charge in [0, 0.05) is 11.4 Å². The molecule has 3 aromatic rings. The highest BCUT2D eigenvalue weighted by Crippen LogP contribution is 2.18. The van der Waals surface area contributed by atoms with Gasteiger partial charge < -0.3 is 15.4 Å². The van der Waals surface area contributed by atoms with Crippen LogP contribution in [0.2, 0.25) is 0 Å². The Kier molecular flexibility index (Phi) is 6.24. The van der Waals surface area contributed by atoms with Gasteiger partial charge in [0.2, 0.25) is 0 Å². The van der Waals surface area contributed by atoms with Gasteiger partial charge >= 0.3 is 0 Å². The number of hydrogen-bond acceptors (Lipinski definition) is 4. The normalized spacial score (nSPS) is 10.5. The Morgan fingerprint density at radius 2 is 1.45 bits per heavy atom. The van der Waals surface area contributed by atoms with E-state index in [4.69, 9.17) is 4.74 Å². The smallest absolute Gasteiger partial charge is 0.274 e. The third-order valence-corrected chi connectivity index (χ3v) is 4.09. The molecule has 148 valence electrons. The first-order valence-corrected chi connectivity index (χ1v) is 9.34. The van der Waals surface area contributed by atoms with E-state index in [1.54, 1.807) is 42.5 Å². The van der Waals surface area contributed by atoms with E-state index < -0.39 is 5.91 Å². The molecule has 0 saturated carbocycles. The molecule has 3 rings (SSSR count). The van der Waals surface area contributed by atoms with Gasteiger partial charge in [-0.1, -0.05) is 24.3 Å². The first-order valence-electron chi connectivity index (χ1n) is 9.34. The fourth-order valence-corrected chi connectivity index (χ4v) is 2.67. The highest BCUT2D eigenvalue weighted by molar-refractivity contribution is 6.06. The minimum absolute atomic E-state index is 0.0770. The molecule has 2 amide bonds. The van der Waals surface area contributed by atoms with Crippen molar-refractivity contribution in [3.8, 4) is 5.75 Å². The van der Waals surface area contributed by atoms with Crippen LogP contribution < -0.4 is 15.4 Å². The monoisotopic (exact) mass is 389 g/mol. The molecule has 0 fully saturated rings. The van der Waals surface area contributed by atoms with Crippen LogP contribution in [0.4, 0.5) is 11.4 Å². The lowest BCUT2D eigenvalue weighted by Gasteiger charge is -2.11. The molecule has 1 heterocycles. The number of hydrogen-bond donors (Lipinski definition) is 2. The van der Waals surface area contributed by atoms with E-state index in [1.807, 2.05) is 45.0 Å². The summed E-state index contributed by atoms with van der Waals surface area (Å²) in [5.41, 5.74) is 2.59. The number of rotatable bonds is 6. The van der Waals surface area contributed by atoms with Crippen molar-refractivity contribution in [1.82, 2.24) is 4.98 Å². The maximum Gasteiger partial charge on any atom is 0.274 e. The highest BCUT2D eigenvalue weighted by Gasteiger charge is 2.13. The largest absolute Gasteiger partial charge is 0.491 e. The lowest BCUT2D eigenvalue weighted by Crippen LogP contribution is -2.18. The van der Waals surface area contributed by atoms with Crippen molar-refractivity contribution in [2.45, 2.75) is 26.9 Å². The summed E-state index contributed by atoms with van der Waals surface area (Å²) in [5, 5.41) is 5.59. The van der Waals surface area contributed by atoms with Crippen molar-refractivity contribution in [1.29, 1.82) is 0 Å². The van der Waals surface area contributed by atoms with Gasteiger partial charge in [0.15, 0.2) is 0 Å². The van der Waals surface area contributed by atoms with Gasteiger partial charge in [-0.05, 0) is 68.8 Å². The van der Waals surface area contributed by atoms with Gasteiger partial charge in [0.25, 0.3) is 11.8 Å². The average Bonchev–Trinajstić information content (AvgIpc) is 2.71. The minimum atomic E-state index is -0.395. The van der Waals surface area contributed by atoms with Gasteiger partial charge in [-0.15, -0.1) is 0 Å². The number of carbonyl (C=O) groups is 2. The van der Waals surface area contributed by atoms with Gasteiger partial charge in [-0.3, -0.25) is 9.59 Å². The maximum absolute atomic E-state index is 12.5. The number of ether oxygens (including phenoxy) is 1. The SMILES string of the molecule is Cc1ccccc1NC(=O)c1cccc(C(=O)Nc2ccc(OC(C)C)cc2)n1. The Labute approximate surface area is 169 Å². The number of benzene rings is 2. The molecular formula is C23H23N3O3. The van der Waals surface area contributed by atoms with E-state index >= 15 is 0 Å².